The normalized spacial score (nSPS) is 25.0. The number of hydrogen-bond acceptors (Lipinski definition) is 5. The molecule has 2 rings (SSSR count). The Morgan fingerprint density at radius 1 is 1.33 bits per heavy atom. The first-order valence-electron chi connectivity index (χ1n) is 7.43. The van der Waals surface area contributed by atoms with Gasteiger partial charge < -0.3 is 25.4 Å². The molecule has 0 spiro atoms. The Kier molecular flexibility index (Phi) is 5.45. The summed E-state index contributed by atoms with van der Waals surface area (Å²) in [5, 5.41) is 18.6. The average Bonchev–Trinajstić information content (AvgIpc) is 2.89. The van der Waals surface area contributed by atoms with Gasteiger partial charge in [-0.1, -0.05) is 12.5 Å². The van der Waals surface area contributed by atoms with Gasteiger partial charge in [0.25, 0.3) is 0 Å². The van der Waals surface area contributed by atoms with Gasteiger partial charge in [-0.3, -0.25) is 0 Å². The minimum atomic E-state index is -0.450. The lowest BCUT2D eigenvalue weighted by atomic mass is 9.87. The molecule has 2 atom stereocenters. The van der Waals surface area contributed by atoms with Gasteiger partial charge in [-0.15, -0.1) is 0 Å². The number of ether oxygens (including phenoxy) is 2. The monoisotopic (exact) mass is 295 g/mol. The van der Waals surface area contributed by atoms with E-state index in [0.29, 0.717) is 24.0 Å². The van der Waals surface area contributed by atoms with E-state index < -0.39 is 5.54 Å². The van der Waals surface area contributed by atoms with Crippen molar-refractivity contribution in [2.75, 3.05) is 20.3 Å². The summed E-state index contributed by atoms with van der Waals surface area (Å²) in [7, 11) is 1.58. The molecule has 1 aromatic rings. The van der Waals surface area contributed by atoms with Crippen LogP contribution < -0.4 is 15.2 Å². The Hall–Kier alpha value is -1.30. The molecule has 0 bridgehead atoms. The Bertz CT molecular complexity index is 466. The zero-order valence-corrected chi connectivity index (χ0v) is 12.5. The van der Waals surface area contributed by atoms with Crippen LogP contribution in [0.25, 0.3) is 0 Å². The summed E-state index contributed by atoms with van der Waals surface area (Å²) >= 11 is 0. The zero-order chi connectivity index (χ0) is 15.3. The second-order valence-electron chi connectivity index (χ2n) is 5.76. The molecule has 1 aliphatic carbocycles. The van der Waals surface area contributed by atoms with Gasteiger partial charge in [-0.05, 0) is 42.9 Å². The first kappa shape index (κ1) is 16.1. The number of methoxy groups -OCH3 is 1. The molecule has 0 amide bonds. The van der Waals surface area contributed by atoms with Gasteiger partial charge in [-0.25, -0.2) is 0 Å². The molecule has 0 aliphatic heterocycles. The van der Waals surface area contributed by atoms with Crippen molar-refractivity contribution in [1.82, 2.24) is 0 Å². The van der Waals surface area contributed by atoms with E-state index in [1.54, 1.807) is 19.2 Å². The number of hydrogen-bond donors (Lipinski definition) is 3. The quantitative estimate of drug-likeness (QED) is 0.709. The standard InChI is InChI=1S/C16H25NO4/c1-20-15-9-12(10-18)4-5-14(15)21-8-6-13-3-2-7-16(13,17)11-19/h4-5,9,13,18-19H,2-3,6-8,10-11,17H2,1H3. The van der Waals surface area contributed by atoms with Crippen molar-refractivity contribution in [2.45, 2.75) is 37.8 Å². The van der Waals surface area contributed by atoms with E-state index in [1.807, 2.05) is 6.07 Å². The van der Waals surface area contributed by atoms with Gasteiger partial charge in [0.15, 0.2) is 11.5 Å². The van der Waals surface area contributed by atoms with Crippen molar-refractivity contribution in [3.8, 4) is 11.5 Å². The summed E-state index contributed by atoms with van der Waals surface area (Å²) in [4.78, 5) is 0. The van der Waals surface area contributed by atoms with Crippen LogP contribution in [0.1, 0.15) is 31.2 Å². The topological polar surface area (TPSA) is 84.9 Å². The van der Waals surface area contributed by atoms with Crippen LogP contribution in [-0.2, 0) is 6.61 Å². The molecule has 4 N–H and O–H groups in total. The lowest BCUT2D eigenvalue weighted by Crippen LogP contribution is -2.47. The number of nitrogens with two attached hydrogens (primary N) is 1. The van der Waals surface area contributed by atoms with Gasteiger partial charge in [-0.2, -0.15) is 0 Å². The van der Waals surface area contributed by atoms with Gasteiger partial charge in [0, 0.05) is 5.54 Å². The minimum absolute atomic E-state index is 0.0229. The molecular formula is C16H25NO4. The maximum atomic E-state index is 9.44. The first-order valence-corrected chi connectivity index (χ1v) is 7.43. The fourth-order valence-electron chi connectivity index (χ4n) is 3.05. The molecule has 1 fully saturated rings. The van der Waals surface area contributed by atoms with Crippen molar-refractivity contribution in [3.63, 3.8) is 0 Å². The van der Waals surface area contributed by atoms with Crippen LogP contribution in [0.2, 0.25) is 0 Å². The molecule has 1 aliphatic rings. The Morgan fingerprint density at radius 3 is 2.81 bits per heavy atom. The van der Waals surface area contributed by atoms with Crippen LogP contribution in [0.4, 0.5) is 0 Å². The summed E-state index contributed by atoms with van der Waals surface area (Å²) in [6.07, 6.45) is 3.81. The lowest BCUT2D eigenvalue weighted by Gasteiger charge is -2.29. The van der Waals surface area contributed by atoms with Crippen LogP contribution >= 0.6 is 0 Å². The molecule has 1 aromatic carbocycles. The van der Waals surface area contributed by atoms with Gasteiger partial charge >= 0.3 is 0 Å². The molecule has 5 nitrogen and oxygen atoms in total. The smallest absolute Gasteiger partial charge is 0.161 e. The summed E-state index contributed by atoms with van der Waals surface area (Å²) < 4.78 is 11.1. The van der Waals surface area contributed by atoms with Crippen molar-refractivity contribution in [3.05, 3.63) is 23.8 Å². The number of aliphatic hydroxyl groups is 2. The fourth-order valence-corrected chi connectivity index (χ4v) is 3.05. The molecule has 1 saturated carbocycles. The van der Waals surface area contributed by atoms with E-state index in [0.717, 1.165) is 31.2 Å². The number of benzene rings is 1. The molecule has 0 saturated heterocycles. The van der Waals surface area contributed by atoms with Crippen LogP contribution in [0.3, 0.4) is 0 Å². The van der Waals surface area contributed by atoms with Crippen LogP contribution in [0.15, 0.2) is 18.2 Å². The highest BCUT2D eigenvalue weighted by Crippen LogP contribution is 2.36. The maximum absolute atomic E-state index is 9.44. The molecule has 2 unspecified atom stereocenters. The third-order valence-electron chi connectivity index (χ3n) is 4.44. The molecule has 118 valence electrons. The van der Waals surface area contributed by atoms with Gasteiger partial charge in [0.2, 0.25) is 0 Å². The largest absolute Gasteiger partial charge is 0.493 e. The first-order chi connectivity index (χ1) is 10.1. The molecule has 21 heavy (non-hydrogen) atoms. The molecule has 0 radical (unpaired) electrons. The van der Waals surface area contributed by atoms with E-state index in [4.69, 9.17) is 20.3 Å². The van der Waals surface area contributed by atoms with E-state index in [-0.39, 0.29) is 13.2 Å². The predicted octanol–water partition coefficient (Wildman–Crippen LogP) is 1.45. The van der Waals surface area contributed by atoms with E-state index in [9.17, 15) is 5.11 Å². The van der Waals surface area contributed by atoms with Crippen molar-refractivity contribution in [2.24, 2.45) is 11.7 Å². The Balaban J connectivity index is 1.91. The number of rotatable bonds is 7. The minimum Gasteiger partial charge on any atom is -0.493 e. The summed E-state index contributed by atoms with van der Waals surface area (Å²) in [6, 6.07) is 5.39. The highest BCUT2D eigenvalue weighted by molar-refractivity contribution is 5.42. The molecule has 0 aromatic heterocycles. The molecular weight excluding hydrogens is 270 g/mol. The third-order valence-corrected chi connectivity index (χ3v) is 4.44. The highest BCUT2D eigenvalue weighted by atomic mass is 16.5. The predicted molar refractivity (Wildman–Crippen MR) is 80.4 cm³/mol. The summed E-state index contributed by atoms with van der Waals surface area (Å²) in [5.74, 6) is 1.58. The highest BCUT2D eigenvalue weighted by Gasteiger charge is 2.38. The van der Waals surface area contributed by atoms with Crippen LogP contribution in [0.5, 0.6) is 11.5 Å². The third kappa shape index (κ3) is 3.67. The van der Waals surface area contributed by atoms with E-state index >= 15 is 0 Å². The Labute approximate surface area is 125 Å². The second kappa shape index (κ2) is 7.11. The summed E-state index contributed by atoms with van der Waals surface area (Å²) in [6.45, 7) is 0.551. The Morgan fingerprint density at radius 2 is 2.14 bits per heavy atom. The van der Waals surface area contributed by atoms with Gasteiger partial charge in [0.05, 0.1) is 26.9 Å². The second-order valence-corrected chi connectivity index (χ2v) is 5.76. The lowest BCUT2D eigenvalue weighted by molar-refractivity contribution is 0.142. The average molecular weight is 295 g/mol. The van der Waals surface area contributed by atoms with Gasteiger partial charge in [0.1, 0.15) is 0 Å². The van der Waals surface area contributed by atoms with E-state index in [2.05, 4.69) is 0 Å². The van der Waals surface area contributed by atoms with Crippen molar-refractivity contribution < 1.29 is 19.7 Å². The molecule has 0 heterocycles. The SMILES string of the molecule is COc1cc(CO)ccc1OCCC1CCCC1(N)CO. The van der Waals surface area contributed by atoms with Crippen molar-refractivity contribution >= 4 is 0 Å². The van der Waals surface area contributed by atoms with E-state index in [1.165, 1.54) is 0 Å². The molecule has 5 heteroatoms. The fraction of sp³-hybridized carbons (Fsp3) is 0.625. The number of aliphatic hydroxyl groups excluding tert-OH is 2. The van der Waals surface area contributed by atoms with Crippen LogP contribution in [-0.4, -0.2) is 36.1 Å². The maximum Gasteiger partial charge on any atom is 0.161 e. The van der Waals surface area contributed by atoms with Crippen LogP contribution in [0, 0.1) is 5.92 Å². The van der Waals surface area contributed by atoms with Crippen molar-refractivity contribution in [1.29, 1.82) is 0 Å². The zero-order valence-electron chi connectivity index (χ0n) is 12.5. The summed E-state index contributed by atoms with van der Waals surface area (Å²) in [5.41, 5.74) is 6.56.